The lowest BCUT2D eigenvalue weighted by Gasteiger charge is -2.13. The molecule has 0 aliphatic rings. The van der Waals surface area contributed by atoms with E-state index in [0.29, 0.717) is 0 Å². The van der Waals surface area contributed by atoms with Gasteiger partial charge in [-0.1, -0.05) is 0 Å². The van der Waals surface area contributed by atoms with E-state index < -0.39 is 13.6 Å². The molecule has 0 fully saturated rings. The number of rotatable bonds is 4. The fraction of sp³-hybridized carbons (Fsp3) is 0.571. The molecule has 13 heavy (non-hydrogen) atoms. The van der Waals surface area contributed by atoms with Crippen LogP contribution in [0.2, 0.25) is 0 Å². The molecule has 0 aromatic rings. The van der Waals surface area contributed by atoms with Crippen LogP contribution >= 0.6 is 7.60 Å². The molecule has 0 aromatic carbocycles. The summed E-state index contributed by atoms with van der Waals surface area (Å²) in [7, 11) is 0.452. The van der Waals surface area contributed by atoms with Gasteiger partial charge in [-0.05, 0) is 6.92 Å². The van der Waals surface area contributed by atoms with Crippen molar-refractivity contribution in [2.75, 3.05) is 21.3 Å². The standard InChI is InChI=1S/C7H13O5P/c1-6(5-7(8)10-2)13(9,11-3)12-4/h5H,1-4H3/b6-5-. The van der Waals surface area contributed by atoms with Gasteiger partial charge in [0.1, 0.15) is 0 Å². The summed E-state index contributed by atoms with van der Waals surface area (Å²) in [6, 6.07) is 0. The van der Waals surface area contributed by atoms with Crippen LogP contribution in [0.15, 0.2) is 11.4 Å². The molecular weight excluding hydrogens is 195 g/mol. The van der Waals surface area contributed by atoms with E-state index >= 15 is 0 Å². The SMILES string of the molecule is COC(=O)/C=C(/C)P(=O)(OC)OC. The van der Waals surface area contributed by atoms with Crippen molar-refractivity contribution in [3.05, 3.63) is 11.4 Å². The van der Waals surface area contributed by atoms with E-state index in [1.165, 1.54) is 28.3 Å². The lowest BCUT2D eigenvalue weighted by atomic mass is 10.5. The zero-order valence-electron chi connectivity index (χ0n) is 8.07. The van der Waals surface area contributed by atoms with Crippen molar-refractivity contribution in [2.24, 2.45) is 0 Å². The molecule has 0 aromatic heterocycles. The van der Waals surface area contributed by atoms with Crippen LogP contribution in [-0.4, -0.2) is 27.3 Å². The second-order valence-electron chi connectivity index (χ2n) is 2.17. The Morgan fingerprint density at radius 1 is 1.23 bits per heavy atom. The highest BCUT2D eigenvalue weighted by molar-refractivity contribution is 7.58. The van der Waals surface area contributed by atoms with Gasteiger partial charge in [-0.15, -0.1) is 0 Å². The fourth-order valence-corrected chi connectivity index (χ4v) is 1.66. The first-order chi connectivity index (χ1) is 6.00. The maximum Gasteiger partial charge on any atom is 0.356 e. The second-order valence-corrected chi connectivity index (χ2v) is 4.60. The molecule has 6 heteroatoms. The van der Waals surface area contributed by atoms with E-state index in [0.717, 1.165) is 6.08 Å². The van der Waals surface area contributed by atoms with Crippen molar-refractivity contribution < 1.29 is 23.1 Å². The molecule has 0 rings (SSSR count). The van der Waals surface area contributed by atoms with Crippen LogP contribution in [0.4, 0.5) is 0 Å². The average Bonchev–Trinajstić information content (AvgIpc) is 2.16. The third-order valence-electron chi connectivity index (χ3n) is 1.44. The molecule has 5 nitrogen and oxygen atoms in total. The molecule has 0 aliphatic carbocycles. The molecule has 76 valence electrons. The Morgan fingerprint density at radius 2 is 1.69 bits per heavy atom. The number of carbonyl (C=O) groups is 1. The average molecular weight is 208 g/mol. The molecular formula is C7H13O5P. The minimum Gasteiger partial charge on any atom is -0.466 e. The Labute approximate surface area is 77.2 Å². The molecule has 0 atom stereocenters. The minimum absolute atomic E-state index is 0.212. The third-order valence-corrected chi connectivity index (χ3v) is 3.40. The van der Waals surface area contributed by atoms with Gasteiger partial charge >= 0.3 is 13.6 Å². The first kappa shape index (κ1) is 12.4. The van der Waals surface area contributed by atoms with Gasteiger partial charge in [0.25, 0.3) is 0 Å². The summed E-state index contributed by atoms with van der Waals surface area (Å²) in [6.45, 7) is 1.48. The summed E-state index contributed by atoms with van der Waals surface area (Å²) in [5, 5.41) is 0.212. The Hall–Kier alpha value is -0.640. The molecule has 0 aliphatic heterocycles. The van der Waals surface area contributed by atoms with Crippen LogP contribution in [0.5, 0.6) is 0 Å². The van der Waals surface area contributed by atoms with Crippen LogP contribution in [0.1, 0.15) is 6.92 Å². The van der Waals surface area contributed by atoms with Gasteiger partial charge in [0.05, 0.1) is 7.11 Å². The first-order valence-electron chi connectivity index (χ1n) is 3.48. The van der Waals surface area contributed by atoms with E-state index in [-0.39, 0.29) is 5.31 Å². The third kappa shape index (κ3) is 3.30. The summed E-state index contributed by atoms with van der Waals surface area (Å²) < 4.78 is 25.2. The summed E-state index contributed by atoms with van der Waals surface area (Å²) in [5.41, 5.74) is 0. The van der Waals surface area contributed by atoms with E-state index in [9.17, 15) is 9.36 Å². The molecule has 0 amide bonds. The molecule has 0 saturated carbocycles. The van der Waals surface area contributed by atoms with Crippen LogP contribution < -0.4 is 0 Å². The number of carbonyl (C=O) groups excluding carboxylic acids is 1. The normalized spacial score (nSPS) is 12.8. The molecule has 0 unspecified atom stereocenters. The predicted octanol–water partition coefficient (Wildman–Crippen LogP) is 1.55. The summed E-state index contributed by atoms with van der Waals surface area (Å²) in [6.07, 6.45) is 1.08. The van der Waals surface area contributed by atoms with Crippen LogP contribution in [0, 0.1) is 0 Å². The zero-order chi connectivity index (χ0) is 10.5. The maximum absolute atomic E-state index is 11.6. The Morgan fingerprint density at radius 3 is 2.00 bits per heavy atom. The molecule has 0 spiro atoms. The van der Waals surface area contributed by atoms with Gasteiger partial charge in [0, 0.05) is 25.6 Å². The predicted molar refractivity (Wildman–Crippen MR) is 47.4 cm³/mol. The molecule has 0 bridgehead atoms. The zero-order valence-corrected chi connectivity index (χ0v) is 8.96. The van der Waals surface area contributed by atoms with Gasteiger partial charge in [0.2, 0.25) is 0 Å². The van der Waals surface area contributed by atoms with Crippen LogP contribution in [0.3, 0.4) is 0 Å². The fourth-order valence-electron chi connectivity index (χ4n) is 0.671. The highest BCUT2D eigenvalue weighted by atomic mass is 31.2. The monoisotopic (exact) mass is 208 g/mol. The number of hydrogen-bond acceptors (Lipinski definition) is 5. The topological polar surface area (TPSA) is 61.8 Å². The van der Waals surface area contributed by atoms with Crippen molar-refractivity contribution >= 4 is 13.6 Å². The summed E-state index contributed by atoms with van der Waals surface area (Å²) in [5.74, 6) is -0.591. The Balaban J connectivity index is 4.75. The number of allylic oxidation sites excluding steroid dienone is 1. The Kier molecular flexibility index (Phi) is 4.91. The van der Waals surface area contributed by atoms with E-state index in [1.54, 1.807) is 0 Å². The minimum atomic E-state index is -3.28. The van der Waals surface area contributed by atoms with Crippen LogP contribution in [0.25, 0.3) is 0 Å². The quantitative estimate of drug-likeness (QED) is 0.398. The van der Waals surface area contributed by atoms with Crippen LogP contribution in [-0.2, 0) is 23.1 Å². The van der Waals surface area contributed by atoms with Gasteiger partial charge in [-0.3, -0.25) is 4.57 Å². The molecule has 0 saturated heterocycles. The lowest BCUT2D eigenvalue weighted by molar-refractivity contribution is -0.134. The molecule has 0 heterocycles. The first-order valence-corrected chi connectivity index (χ1v) is 5.02. The maximum atomic E-state index is 11.6. The number of esters is 1. The summed E-state index contributed by atoms with van der Waals surface area (Å²) >= 11 is 0. The van der Waals surface area contributed by atoms with Crippen molar-refractivity contribution in [1.29, 1.82) is 0 Å². The van der Waals surface area contributed by atoms with Crippen molar-refractivity contribution in [1.82, 2.24) is 0 Å². The van der Waals surface area contributed by atoms with Gasteiger partial charge in [-0.25, -0.2) is 4.79 Å². The Bertz CT molecular complexity index is 250. The smallest absolute Gasteiger partial charge is 0.356 e. The van der Waals surface area contributed by atoms with Crippen molar-refractivity contribution in [2.45, 2.75) is 6.92 Å². The lowest BCUT2D eigenvalue weighted by Crippen LogP contribution is -1.98. The van der Waals surface area contributed by atoms with E-state index in [4.69, 9.17) is 0 Å². The number of methoxy groups -OCH3 is 1. The number of ether oxygens (including phenoxy) is 1. The van der Waals surface area contributed by atoms with Crippen molar-refractivity contribution in [3.8, 4) is 0 Å². The molecule has 0 N–H and O–H groups in total. The highest BCUT2D eigenvalue weighted by Gasteiger charge is 2.24. The van der Waals surface area contributed by atoms with Gasteiger partial charge in [-0.2, -0.15) is 0 Å². The van der Waals surface area contributed by atoms with Gasteiger partial charge < -0.3 is 13.8 Å². The van der Waals surface area contributed by atoms with E-state index in [2.05, 4.69) is 13.8 Å². The largest absolute Gasteiger partial charge is 0.466 e. The number of hydrogen-bond donors (Lipinski definition) is 0. The second kappa shape index (κ2) is 5.17. The van der Waals surface area contributed by atoms with Crippen molar-refractivity contribution in [3.63, 3.8) is 0 Å². The van der Waals surface area contributed by atoms with E-state index in [1.807, 2.05) is 0 Å². The highest BCUT2D eigenvalue weighted by Crippen LogP contribution is 2.54. The molecule has 0 radical (unpaired) electrons. The van der Waals surface area contributed by atoms with Gasteiger partial charge in [0.15, 0.2) is 0 Å². The summed E-state index contributed by atoms with van der Waals surface area (Å²) in [4.78, 5) is 10.8.